The highest BCUT2D eigenvalue weighted by atomic mass is 35.5. The fraction of sp³-hybridized carbons (Fsp3) is 0.562. The maximum Gasteiger partial charge on any atom is 0.231 e. The molecule has 120 valence electrons. The van der Waals surface area contributed by atoms with Gasteiger partial charge in [0.25, 0.3) is 0 Å². The van der Waals surface area contributed by atoms with E-state index >= 15 is 0 Å². The molecule has 1 fully saturated rings. The number of rotatable bonds is 5. The average molecular weight is 325 g/mol. The van der Waals surface area contributed by atoms with Crippen molar-refractivity contribution < 1.29 is 14.3 Å². The molecule has 5 nitrogen and oxygen atoms in total. The molecule has 0 saturated carbocycles. The standard InChI is InChI=1S/C16H21ClN2O3/c1-10(2)19(8-12-3-4-16(20)18-12)7-11-5-14-15(6-13(11)17)22-9-21-14/h5-6,10,12H,3-4,7-9H2,1-2H3,(H,18,20)/t12-/m0/s1. The molecule has 1 N–H and O–H groups in total. The number of halogens is 1. The Morgan fingerprint density at radius 1 is 1.36 bits per heavy atom. The molecule has 0 radical (unpaired) electrons. The van der Waals surface area contributed by atoms with E-state index in [1.54, 1.807) is 0 Å². The molecule has 1 aromatic rings. The number of nitrogens with one attached hydrogen (secondary N) is 1. The number of ether oxygens (including phenoxy) is 2. The molecule has 2 aliphatic heterocycles. The van der Waals surface area contributed by atoms with E-state index in [9.17, 15) is 4.79 Å². The van der Waals surface area contributed by atoms with Crippen molar-refractivity contribution in [2.75, 3.05) is 13.3 Å². The first kappa shape index (κ1) is 15.4. The van der Waals surface area contributed by atoms with Crippen LogP contribution in [0.3, 0.4) is 0 Å². The Balaban J connectivity index is 1.72. The van der Waals surface area contributed by atoms with Crippen molar-refractivity contribution in [3.63, 3.8) is 0 Å². The van der Waals surface area contributed by atoms with E-state index < -0.39 is 0 Å². The van der Waals surface area contributed by atoms with Gasteiger partial charge >= 0.3 is 0 Å². The fourth-order valence-electron chi connectivity index (χ4n) is 2.85. The molecule has 0 aliphatic carbocycles. The van der Waals surface area contributed by atoms with Crippen LogP contribution in [0.5, 0.6) is 11.5 Å². The zero-order chi connectivity index (χ0) is 15.7. The number of nitrogens with zero attached hydrogens (tertiary/aromatic N) is 1. The van der Waals surface area contributed by atoms with E-state index in [-0.39, 0.29) is 18.7 Å². The Hall–Kier alpha value is -1.46. The molecule has 1 amide bonds. The van der Waals surface area contributed by atoms with Gasteiger partial charge in [0.1, 0.15) is 0 Å². The van der Waals surface area contributed by atoms with Crippen LogP contribution in [-0.4, -0.2) is 36.2 Å². The van der Waals surface area contributed by atoms with Crippen molar-refractivity contribution in [1.82, 2.24) is 10.2 Å². The Morgan fingerprint density at radius 3 is 2.73 bits per heavy atom. The molecule has 1 atom stereocenters. The molecule has 22 heavy (non-hydrogen) atoms. The van der Waals surface area contributed by atoms with Crippen LogP contribution in [0.1, 0.15) is 32.3 Å². The largest absolute Gasteiger partial charge is 0.454 e. The summed E-state index contributed by atoms with van der Waals surface area (Å²) in [5, 5.41) is 3.71. The number of fused-ring (bicyclic) bond motifs is 1. The van der Waals surface area contributed by atoms with E-state index in [4.69, 9.17) is 21.1 Å². The topological polar surface area (TPSA) is 50.8 Å². The Bertz CT molecular complexity index is 577. The second-order valence-corrected chi connectivity index (χ2v) is 6.53. The van der Waals surface area contributed by atoms with Crippen molar-refractivity contribution >= 4 is 17.5 Å². The Morgan fingerprint density at radius 2 is 2.09 bits per heavy atom. The van der Waals surface area contributed by atoms with Gasteiger partial charge in [-0.25, -0.2) is 0 Å². The van der Waals surface area contributed by atoms with E-state index in [1.165, 1.54) is 0 Å². The van der Waals surface area contributed by atoms with E-state index in [1.807, 2.05) is 12.1 Å². The summed E-state index contributed by atoms with van der Waals surface area (Å²) in [5.74, 6) is 1.60. The minimum atomic E-state index is 0.148. The van der Waals surface area contributed by atoms with Crippen LogP contribution in [-0.2, 0) is 11.3 Å². The second kappa shape index (κ2) is 6.34. The number of hydrogen-bond acceptors (Lipinski definition) is 4. The molecule has 2 aliphatic rings. The number of hydrogen-bond donors (Lipinski definition) is 1. The number of benzene rings is 1. The van der Waals surface area contributed by atoms with Crippen molar-refractivity contribution in [3.05, 3.63) is 22.7 Å². The third-order valence-electron chi connectivity index (χ3n) is 4.19. The molecular formula is C16H21ClN2O3. The monoisotopic (exact) mass is 324 g/mol. The lowest BCUT2D eigenvalue weighted by molar-refractivity contribution is -0.119. The third kappa shape index (κ3) is 3.31. The highest BCUT2D eigenvalue weighted by Gasteiger charge is 2.25. The number of amides is 1. The summed E-state index contributed by atoms with van der Waals surface area (Å²) in [7, 11) is 0. The lowest BCUT2D eigenvalue weighted by Gasteiger charge is -2.29. The van der Waals surface area contributed by atoms with Gasteiger partial charge in [0.15, 0.2) is 11.5 Å². The van der Waals surface area contributed by atoms with Crippen molar-refractivity contribution in [2.24, 2.45) is 0 Å². The Kier molecular flexibility index (Phi) is 4.45. The maximum absolute atomic E-state index is 11.4. The zero-order valence-corrected chi connectivity index (χ0v) is 13.7. The van der Waals surface area contributed by atoms with Crippen molar-refractivity contribution in [3.8, 4) is 11.5 Å². The molecule has 0 aromatic heterocycles. The lowest BCUT2D eigenvalue weighted by atomic mass is 10.1. The predicted molar refractivity (Wildman–Crippen MR) is 84.3 cm³/mol. The molecule has 3 rings (SSSR count). The number of carbonyl (C=O) groups excluding carboxylic acids is 1. The van der Waals surface area contributed by atoms with Crippen LogP contribution < -0.4 is 14.8 Å². The summed E-state index contributed by atoms with van der Waals surface area (Å²) in [6.07, 6.45) is 1.53. The van der Waals surface area contributed by atoms with E-state index in [0.717, 1.165) is 30.8 Å². The first-order chi connectivity index (χ1) is 10.5. The minimum Gasteiger partial charge on any atom is -0.454 e. The molecule has 1 aromatic carbocycles. The van der Waals surface area contributed by atoms with Gasteiger partial charge in [-0.05, 0) is 31.9 Å². The van der Waals surface area contributed by atoms with Crippen LogP contribution >= 0.6 is 11.6 Å². The maximum atomic E-state index is 11.4. The fourth-order valence-corrected chi connectivity index (χ4v) is 3.07. The van der Waals surface area contributed by atoms with Crippen LogP contribution in [0.4, 0.5) is 0 Å². The van der Waals surface area contributed by atoms with Gasteiger partial charge in [-0.15, -0.1) is 0 Å². The predicted octanol–water partition coefficient (Wildman–Crippen LogP) is 2.56. The summed E-state index contributed by atoms with van der Waals surface area (Å²) >= 11 is 6.36. The SMILES string of the molecule is CC(C)N(Cc1cc2c(cc1Cl)OCO2)C[C@@H]1CCC(=O)N1. The Labute approximate surface area is 135 Å². The van der Waals surface area contributed by atoms with Crippen molar-refractivity contribution in [2.45, 2.75) is 45.3 Å². The quantitative estimate of drug-likeness (QED) is 0.904. The van der Waals surface area contributed by atoms with Gasteiger partial charge in [-0.3, -0.25) is 9.69 Å². The summed E-state index contributed by atoms with van der Waals surface area (Å²) in [6.45, 7) is 6.10. The van der Waals surface area contributed by atoms with Gasteiger partial charge in [-0.1, -0.05) is 11.6 Å². The van der Waals surface area contributed by atoms with Gasteiger partial charge in [0.05, 0.1) is 0 Å². The first-order valence-electron chi connectivity index (χ1n) is 7.64. The van der Waals surface area contributed by atoms with E-state index in [0.29, 0.717) is 23.2 Å². The van der Waals surface area contributed by atoms with Crippen LogP contribution in [0.25, 0.3) is 0 Å². The molecule has 1 saturated heterocycles. The number of carbonyl (C=O) groups is 1. The second-order valence-electron chi connectivity index (χ2n) is 6.12. The minimum absolute atomic E-state index is 0.148. The zero-order valence-electron chi connectivity index (χ0n) is 12.9. The molecule has 6 heteroatoms. The summed E-state index contributed by atoms with van der Waals surface area (Å²) in [5.41, 5.74) is 1.02. The molecule has 0 spiro atoms. The molecule has 0 unspecified atom stereocenters. The van der Waals surface area contributed by atoms with Crippen LogP contribution in [0.2, 0.25) is 5.02 Å². The van der Waals surface area contributed by atoms with Crippen LogP contribution in [0.15, 0.2) is 12.1 Å². The normalized spacial score (nSPS) is 20.0. The van der Waals surface area contributed by atoms with Crippen molar-refractivity contribution in [1.29, 1.82) is 0 Å². The molecule has 2 heterocycles. The highest BCUT2D eigenvalue weighted by molar-refractivity contribution is 6.31. The average Bonchev–Trinajstić information content (AvgIpc) is 3.06. The van der Waals surface area contributed by atoms with Gasteiger partial charge < -0.3 is 14.8 Å². The summed E-state index contributed by atoms with van der Waals surface area (Å²) in [6, 6.07) is 4.35. The highest BCUT2D eigenvalue weighted by Crippen LogP contribution is 2.37. The molecule has 0 bridgehead atoms. The van der Waals surface area contributed by atoms with E-state index in [2.05, 4.69) is 24.1 Å². The van der Waals surface area contributed by atoms with Gasteiger partial charge in [0.2, 0.25) is 12.7 Å². The third-order valence-corrected chi connectivity index (χ3v) is 4.54. The first-order valence-corrected chi connectivity index (χ1v) is 8.02. The van der Waals surface area contributed by atoms with Gasteiger partial charge in [0, 0.05) is 42.7 Å². The molecular weight excluding hydrogens is 304 g/mol. The lowest BCUT2D eigenvalue weighted by Crippen LogP contribution is -2.41. The summed E-state index contributed by atoms with van der Waals surface area (Å²) in [4.78, 5) is 13.7. The van der Waals surface area contributed by atoms with Crippen LogP contribution in [0, 0.1) is 0 Å². The summed E-state index contributed by atoms with van der Waals surface area (Å²) < 4.78 is 10.8. The smallest absolute Gasteiger partial charge is 0.231 e. The van der Waals surface area contributed by atoms with Gasteiger partial charge in [-0.2, -0.15) is 0 Å².